The zero-order chi connectivity index (χ0) is 10.4. The van der Waals surface area contributed by atoms with Gasteiger partial charge in [-0.05, 0) is 25.7 Å². The number of hydrogen-bond acceptors (Lipinski definition) is 3. The van der Waals surface area contributed by atoms with Crippen LogP contribution in [0.25, 0.3) is 0 Å². The Balaban J connectivity index is 2.14. The molecule has 0 bridgehead atoms. The van der Waals surface area contributed by atoms with E-state index in [0.29, 0.717) is 12.7 Å². The Morgan fingerprint density at radius 1 is 1.43 bits per heavy atom. The van der Waals surface area contributed by atoms with E-state index in [1.54, 1.807) is 7.11 Å². The first-order chi connectivity index (χ1) is 6.72. The van der Waals surface area contributed by atoms with Gasteiger partial charge in [-0.15, -0.1) is 0 Å². The lowest BCUT2D eigenvalue weighted by Gasteiger charge is -2.27. The highest BCUT2D eigenvalue weighted by atomic mass is 16.5. The number of aliphatic carboxylic acids is 1. The van der Waals surface area contributed by atoms with E-state index in [2.05, 4.69) is 0 Å². The molecular weight excluding hydrogens is 184 g/mol. The van der Waals surface area contributed by atoms with E-state index < -0.39 is 5.97 Å². The molecule has 82 valence electrons. The van der Waals surface area contributed by atoms with E-state index >= 15 is 0 Å². The normalized spacial score (nSPS) is 27.5. The van der Waals surface area contributed by atoms with Crippen LogP contribution in [0.1, 0.15) is 32.1 Å². The standard InChI is InChI=1S/C10H18O4/c1-13-8-3-2-4-9(7-8)14-6-5-10(11)12/h8-9H,2-7H2,1H3,(H,11,12). The summed E-state index contributed by atoms with van der Waals surface area (Å²) in [5.74, 6) is -0.802. The molecule has 1 aliphatic rings. The third-order valence-corrected chi connectivity index (χ3v) is 2.58. The summed E-state index contributed by atoms with van der Waals surface area (Å²) >= 11 is 0. The number of rotatable bonds is 5. The van der Waals surface area contributed by atoms with Gasteiger partial charge in [-0.3, -0.25) is 4.79 Å². The number of carbonyl (C=O) groups is 1. The molecule has 0 radical (unpaired) electrons. The summed E-state index contributed by atoms with van der Waals surface area (Å²) in [6, 6.07) is 0. The second kappa shape index (κ2) is 5.98. The number of carboxylic acid groups (broad SMARTS) is 1. The molecule has 0 aromatic rings. The lowest BCUT2D eigenvalue weighted by atomic mass is 9.95. The van der Waals surface area contributed by atoms with Gasteiger partial charge < -0.3 is 14.6 Å². The highest BCUT2D eigenvalue weighted by Crippen LogP contribution is 2.22. The van der Waals surface area contributed by atoms with Gasteiger partial charge in [0.05, 0.1) is 25.2 Å². The molecule has 4 nitrogen and oxygen atoms in total. The van der Waals surface area contributed by atoms with Crippen LogP contribution < -0.4 is 0 Å². The third-order valence-electron chi connectivity index (χ3n) is 2.58. The van der Waals surface area contributed by atoms with Crippen molar-refractivity contribution in [3.05, 3.63) is 0 Å². The Morgan fingerprint density at radius 2 is 2.14 bits per heavy atom. The van der Waals surface area contributed by atoms with Gasteiger partial charge in [-0.2, -0.15) is 0 Å². The molecule has 0 aromatic heterocycles. The van der Waals surface area contributed by atoms with Crippen LogP contribution in [-0.2, 0) is 14.3 Å². The third kappa shape index (κ3) is 4.07. The van der Waals surface area contributed by atoms with E-state index in [4.69, 9.17) is 14.6 Å². The lowest BCUT2D eigenvalue weighted by molar-refractivity contribution is -0.139. The van der Waals surface area contributed by atoms with Crippen molar-refractivity contribution in [3.8, 4) is 0 Å². The van der Waals surface area contributed by atoms with Gasteiger partial charge in [-0.1, -0.05) is 0 Å². The van der Waals surface area contributed by atoms with Crippen molar-refractivity contribution in [2.45, 2.75) is 44.3 Å². The molecule has 1 fully saturated rings. The molecule has 0 amide bonds. The van der Waals surface area contributed by atoms with Crippen molar-refractivity contribution < 1.29 is 19.4 Å². The summed E-state index contributed by atoms with van der Waals surface area (Å²) in [5, 5.41) is 8.44. The van der Waals surface area contributed by atoms with Gasteiger partial charge in [0.15, 0.2) is 0 Å². The van der Waals surface area contributed by atoms with Gasteiger partial charge in [0.25, 0.3) is 0 Å². The second-order valence-electron chi connectivity index (χ2n) is 3.66. The molecule has 2 atom stereocenters. The average Bonchev–Trinajstić information content (AvgIpc) is 2.18. The summed E-state index contributed by atoms with van der Waals surface area (Å²) in [4.78, 5) is 10.3. The van der Waals surface area contributed by atoms with Gasteiger partial charge in [-0.25, -0.2) is 0 Å². The van der Waals surface area contributed by atoms with Crippen LogP contribution >= 0.6 is 0 Å². The van der Waals surface area contributed by atoms with Crippen LogP contribution in [0, 0.1) is 0 Å². The number of hydrogen-bond donors (Lipinski definition) is 1. The van der Waals surface area contributed by atoms with Crippen molar-refractivity contribution in [1.29, 1.82) is 0 Å². The smallest absolute Gasteiger partial charge is 0.305 e. The lowest BCUT2D eigenvalue weighted by Crippen LogP contribution is -2.28. The fourth-order valence-corrected chi connectivity index (χ4v) is 1.78. The number of ether oxygens (including phenoxy) is 2. The average molecular weight is 202 g/mol. The van der Waals surface area contributed by atoms with Crippen molar-refractivity contribution in [3.63, 3.8) is 0 Å². The summed E-state index contributed by atoms with van der Waals surface area (Å²) in [6.45, 7) is 0.316. The summed E-state index contributed by atoms with van der Waals surface area (Å²) in [6.07, 6.45) is 4.70. The molecule has 1 N–H and O–H groups in total. The molecule has 1 rings (SSSR count). The first-order valence-electron chi connectivity index (χ1n) is 5.08. The van der Waals surface area contributed by atoms with E-state index in [1.165, 1.54) is 0 Å². The highest BCUT2D eigenvalue weighted by molar-refractivity contribution is 5.66. The summed E-state index contributed by atoms with van der Waals surface area (Å²) in [7, 11) is 1.71. The topological polar surface area (TPSA) is 55.8 Å². The first-order valence-corrected chi connectivity index (χ1v) is 5.08. The van der Waals surface area contributed by atoms with Crippen LogP contribution in [0.3, 0.4) is 0 Å². The fourth-order valence-electron chi connectivity index (χ4n) is 1.78. The van der Waals surface area contributed by atoms with Crippen LogP contribution in [0.2, 0.25) is 0 Å². The van der Waals surface area contributed by atoms with E-state index in [9.17, 15) is 4.79 Å². The van der Waals surface area contributed by atoms with Gasteiger partial charge >= 0.3 is 5.97 Å². The Hall–Kier alpha value is -0.610. The second-order valence-corrected chi connectivity index (χ2v) is 3.66. The van der Waals surface area contributed by atoms with Crippen molar-refractivity contribution in [1.82, 2.24) is 0 Å². The minimum absolute atomic E-state index is 0.0914. The van der Waals surface area contributed by atoms with Crippen LogP contribution in [0.5, 0.6) is 0 Å². The molecule has 0 aromatic carbocycles. The van der Waals surface area contributed by atoms with Gasteiger partial charge in [0.1, 0.15) is 0 Å². The Morgan fingerprint density at radius 3 is 2.79 bits per heavy atom. The Labute approximate surface area is 84.2 Å². The molecule has 14 heavy (non-hydrogen) atoms. The zero-order valence-corrected chi connectivity index (χ0v) is 8.57. The van der Waals surface area contributed by atoms with Crippen LogP contribution in [0.4, 0.5) is 0 Å². The SMILES string of the molecule is COC1CCCC(OCCC(=O)O)C1. The Kier molecular flexibility index (Phi) is 4.90. The molecule has 0 spiro atoms. The molecule has 1 saturated carbocycles. The largest absolute Gasteiger partial charge is 0.481 e. The Bertz CT molecular complexity index is 181. The predicted octanol–water partition coefficient (Wildman–Crippen LogP) is 1.44. The maximum atomic E-state index is 10.3. The monoisotopic (exact) mass is 202 g/mol. The molecule has 0 aliphatic heterocycles. The molecule has 2 unspecified atom stereocenters. The molecule has 0 saturated heterocycles. The molecule has 4 heteroatoms. The van der Waals surface area contributed by atoms with Crippen molar-refractivity contribution >= 4 is 5.97 Å². The summed E-state index contributed by atoms with van der Waals surface area (Å²) in [5.41, 5.74) is 0. The highest BCUT2D eigenvalue weighted by Gasteiger charge is 2.22. The van der Waals surface area contributed by atoms with Gasteiger partial charge in [0, 0.05) is 7.11 Å². The number of methoxy groups -OCH3 is 1. The number of carboxylic acids is 1. The van der Waals surface area contributed by atoms with Crippen LogP contribution in [0.15, 0.2) is 0 Å². The summed E-state index contributed by atoms with van der Waals surface area (Å²) < 4.78 is 10.7. The molecular formula is C10H18O4. The van der Waals surface area contributed by atoms with E-state index in [-0.39, 0.29) is 12.5 Å². The minimum Gasteiger partial charge on any atom is -0.481 e. The zero-order valence-electron chi connectivity index (χ0n) is 8.57. The van der Waals surface area contributed by atoms with Crippen LogP contribution in [-0.4, -0.2) is 37.0 Å². The van der Waals surface area contributed by atoms with E-state index in [0.717, 1.165) is 25.7 Å². The van der Waals surface area contributed by atoms with Gasteiger partial charge in [0.2, 0.25) is 0 Å². The van der Waals surface area contributed by atoms with Crippen molar-refractivity contribution in [2.75, 3.05) is 13.7 Å². The van der Waals surface area contributed by atoms with E-state index in [1.807, 2.05) is 0 Å². The maximum absolute atomic E-state index is 10.3. The maximum Gasteiger partial charge on any atom is 0.305 e. The minimum atomic E-state index is -0.802. The molecule has 0 heterocycles. The molecule has 1 aliphatic carbocycles. The van der Waals surface area contributed by atoms with Crippen molar-refractivity contribution in [2.24, 2.45) is 0 Å². The predicted molar refractivity (Wildman–Crippen MR) is 51.3 cm³/mol. The first kappa shape index (κ1) is 11.5. The quantitative estimate of drug-likeness (QED) is 0.732. The fraction of sp³-hybridized carbons (Fsp3) is 0.900.